The van der Waals surface area contributed by atoms with Crippen LogP contribution < -0.4 is 4.90 Å². The Morgan fingerprint density at radius 1 is 1.05 bits per heavy atom. The molecule has 0 atom stereocenters. The highest BCUT2D eigenvalue weighted by Gasteiger charge is 2.33. The van der Waals surface area contributed by atoms with Gasteiger partial charge >= 0.3 is 0 Å². The number of thiocarbonyl (C=S) groups is 1. The van der Waals surface area contributed by atoms with Crippen LogP contribution in [-0.4, -0.2) is 10.2 Å². The molecular weight excluding hydrogens is 446 g/mol. The fourth-order valence-corrected chi connectivity index (χ4v) is 4.16. The van der Waals surface area contributed by atoms with Gasteiger partial charge in [0.1, 0.15) is 0 Å². The van der Waals surface area contributed by atoms with Gasteiger partial charge in [0, 0.05) is 8.95 Å². The van der Waals surface area contributed by atoms with E-state index in [9.17, 15) is 4.79 Å². The highest BCUT2D eigenvalue weighted by molar-refractivity contribution is 9.10. The van der Waals surface area contributed by atoms with Crippen LogP contribution >= 0.6 is 55.8 Å². The van der Waals surface area contributed by atoms with Crippen molar-refractivity contribution >= 4 is 77.8 Å². The summed E-state index contributed by atoms with van der Waals surface area (Å²) in [5, 5.41) is 0. The molecule has 1 heterocycles. The summed E-state index contributed by atoms with van der Waals surface area (Å²) in [5.41, 5.74) is 1.73. The van der Waals surface area contributed by atoms with Gasteiger partial charge < -0.3 is 0 Å². The number of carbonyl (C=O) groups excluding carboxylic acids is 1. The fourth-order valence-electron chi connectivity index (χ4n) is 2.05. The topological polar surface area (TPSA) is 20.3 Å². The Morgan fingerprint density at radius 2 is 1.73 bits per heavy atom. The lowest BCUT2D eigenvalue weighted by Crippen LogP contribution is -2.27. The fraction of sp³-hybridized carbons (Fsp3) is 0. The molecule has 110 valence electrons. The van der Waals surface area contributed by atoms with Gasteiger partial charge in [-0.1, -0.05) is 74.0 Å². The number of carbonyl (C=O) groups is 1. The Bertz CT molecular complexity index is 804. The largest absolute Gasteiger partial charge is 0.270 e. The number of anilines is 1. The SMILES string of the molecule is O=C1/C(=C/c2cccc(Br)c2)SC(=S)N1c1cccc(Br)c1. The van der Waals surface area contributed by atoms with E-state index in [0.29, 0.717) is 9.23 Å². The van der Waals surface area contributed by atoms with Crippen molar-refractivity contribution < 1.29 is 4.79 Å². The van der Waals surface area contributed by atoms with Gasteiger partial charge in [-0.3, -0.25) is 9.69 Å². The van der Waals surface area contributed by atoms with Crippen molar-refractivity contribution in [1.29, 1.82) is 0 Å². The van der Waals surface area contributed by atoms with E-state index in [2.05, 4.69) is 31.9 Å². The lowest BCUT2D eigenvalue weighted by atomic mass is 10.2. The number of hydrogen-bond acceptors (Lipinski definition) is 3. The van der Waals surface area contributed by atoms with E-state index in [4.69, 9.17) is 12.2 Å². The van der Waals surface area contributed by atoms with Gasteiger partial charge in [0.15, 0.2) is 4.32 Å². The molecule has 0 bridgehead atoms. The summed E-state index contributed by atoms with van der Waals surface area (Å²) in [7, 11) is 0. The molecule has 0 spiro atoms. The molecule has 1 aliphatic heterocycles. The van der Waals surface area contributed by atoms with E-state index in [1.807, 2.05) is 54.6 Å². The summed E-state index contributed by atoms with van der Waals surface area (Å²) in [6, 6.07) is 15.4. The summed E-state index contributed by atoms with van der Waals surface area (Å²) in [5.74, 6) is -0.0897. The van der Waals surface area contributed by atoms with Crippen molar-refractivity contribution in [2.24, 2.45) is 0 Å². The lowest BCUT2D eigenvalue weighted by molar-refractivity contribution is -0.113. The minimum atomic E-state index is -0.0897. The van der Waals surface area contributed by atoms with E-state index in [1.165, 1.54) is 11.8 Å². The average Bonchev–Trinajstić information content (AvgIpc) is 2.73. The summed E-state index contributed by atoms with van der Waals surface area (Å²) in [6.07, 6.45) is 1.86. The number of halogens is 2. The van der Waals surface area contributed by atoms with Gasteiger partial charge in [-0.2, -0.15) is 0 Å². The third kappa shape index (κ3) is 3.35. The van der Waals surface area contributed by atoms with E-state index in [-0.39, 0.29) is 5.91 Å². The molecule has 2 aromatic rings. The van der Waals surface area contributed by atoms with Gasteiger partial charge in [0.05, 0.1) is 10.6 Å². The molecule has 0 radical (unpaired) electrons. The van der Waals surface area contributed by atoms with Crippen LogP contribution in [0.15, 0.2) is 62.4 Å². The maximum Gasteiger partial charge on any atom is 0.270 e. The highest BCUT2D eigenvalue weighted by atomic mass is 79.9. The van der Waals surface area contributed by atoms with E-state index in [0.717, 1.165) is 20.2 Å². The number of rotatable bonds is 2. The molecule has 0 N–H and O–H groups in total. The van der Waals surface area contributed by atoms with Crippen molar-refractivity contribution in [2.45, 2.75) is 0 Å². The maximum absolute atomic E-state index is 12.6. The van der Waals surface area contributed by atoms with E-state index >= 15 is 0 Å². The average molecular weight is 455 g/mol. The monoisotopic (exact) mass is 453 g/mol. The first-order chi connectivity index (χ1) is 10.5. The molecule has 1 saturated heterocycles. The zero-order chi connectivity index (χ0) is 15.7. The van der Waals surface area contributed by atoms with Crippen LogP contribution in [0, 0.1) is 0 Å². The molecule has 6 heteroatoms. The van der Waals surface area contributed by atoms with Crippen molar-refractivity contribution in [3.63, 3.8) is 0 Å². The zero-order valence-corrected chi connectivity index (χ0v) is 15.9. The molecule has 2 aromatic carbocycles. The lowest BCUT2D eigenvalue weighted by Gasteiger charge is -2.14. The van der Waals surface area contributed by atoms with Crippen LogP contribution in [0.25, 0.3) is 6.08 Å². The molecule has 3 rings (SSSR count). The highest BCUT2D eigenvalue weighted by Crippen LogP contribution is 2.36. The van der Waals surface area contributed by atoms with Crippen LogP contribution in [0.4, 0.5) is 5.69 Å². The standard InChI is InChI=1S/C16H9Br2NOS2/c17-11-4-1-3-10(7-11)8-14-15(20)19(16(21)22-14)13-6-2-5-12(18)9-13/h1-9H/b14-8-. The van der Waals surface area contributed by atoms with Gasteiger partial charge in [0.2, 0.25) is 0 Å². The van der Waals surface area contributed by atoms with Gasteiger partial charge in [-0.25, -0.2) is 0 Å². The minimum Gasteiger partial charge on any atom is -0.268 e. The summed E-state index contributed by atoms with van der Waals surface area (Å²) in [6.45, 7) is 0. The van der Waals surface area contributed by atoms with Gasteiger partial charge in [-0.05, 0) is 42.0 Å². The molecule has 2 nitrogen and oxygen atoms in total. The third-order valence-electron chi connectivity index (χ3n) is 3.01. The van der Waals surface area contributed by atoms with E-state index in [1.54, 1.807) is 4.90 Å². The van der Waals surface area contributed by atoms with Gasteiger partial charge in [-0.15, -0.1) is 0 Å². The first-order valence-corrected chi connectivity index (χ1v) is 9.15. The summed E-state index contributed by atoms with van der Waals surface area (Å²) >= 11 is 13.5. The second-order valence-electron chi connectivity index (χ2n) is 4.55. The molecule has 0 aromatic heterocycles. The van der Waals surface area contributed by atoms with E-state index < -0.39 is 0 Å². The normalized spacial score (nSPS) is 16.6. The Morgan fingerprint density at radius 3 is 2.41 bits per heavy atom. The second kappa shape index (κ2) is 6.66. The van der Waals surface area contributed by atoms with Crippen LogP contribution in [0.5, 0.6) is 0 Å². The Balaban J connectivity index is 1.95. The van der Waals surface area contributed by atoms with Gasteiger partial charge in [0.25, 0.3) is 5.91 Å². The zero-order valence-electron chi connectivity index (χ0n) is 11.1. The molecule has 1 amide bonds. The molecule has 0 unspecified atom stereocenters. The number of hydrogen-bond donors (Lipinski definition) is 0. The quantitative estimate of drug-likeness (QED) is 0.434. The smallest absolute Gasteiger partial charge is 0.268 e. The Labute approximate surface area is 154 Å². The first-order valence-electron chi connectivity index (χ1n) is 6.34. The molecule has 22 heavy (non-hydrogen) atoms. The van der Waals surface area contributed by atoms with Crippen LogP contribution in [-0.2, 0) is 4.79 Å². The van der Waals surface area contributed by atoms with Crippen LogP contribution in [0.1, 0.15) is 5.56 Å². The van der Waals surface area contributed by atoms with Crippen molar-refractivity contribution in [3.05, 3.63) is 67.9 Å². The van der Waals surface area contributed by atoms with Crippen LogP contribution in [0.3, 0.4) is 0 Å². The summed E-state index contributed by atoms with van der Waals surface area (Å²) in [4.78, 5) is 14.8. The Kier molecular flexibility index (Phi) is 4.82. The number of nitrogens with zero attached hydrogens (tertiary/aromatic N) is 1. The Hall–Kier alpha value is -0.950. The molecule has 1 aliphatic rings. The maximum atomic E-state index is 12.6. The third-order valence-corrected chi connectivity index (χ3v) is 5.30. The predicted molar refractivity (Wildman–Crippen MR) is 104 cm³/mol. The second-order valence-corrected chi connectivity index (χ2v) is 8.06. The van der Waals surface area contributed by atoms with Crippen molar-refractivity contribution in [1.82, 2.24) is 0 Å². The minimum absolute atomic E-state index is 0.0897. The van der Waals surface area contributed by atoms with Crippen molar-refractivity contribution in [2.75, 3.05) is 4.90 Å². The molecular formula is C16H9Br2NOS2. The van der Waals surface area contributed by atoms with Crippen molar-refractivity contribution in [3.8, 4) is 0 Å². The molecule has 1 fully saturated rings. The number of benzene rings is 2. The molecule has 0 saturated carbocycles. The number of amides is 1. The first kappa shape index (κ1) is 15.9. The number of thioether (sulfide) groups is 1. The summed E-state index contributed by atoms with van der Waals surface area (Å²) < 4.78 is 2.43. The van der Waals surface area contributed by atoms with Crippen LogP contribution in [0.2, 0.25) is 0 Å². The predicted octanol–water partition coefficient (Wildman–Crippen LogP) is 5.62. The molecule has 0 aliphatic carbocycles.